The van der Waals surface area contributed by atoms with Crippen LogP contribution in [0.3, 0.4) is 0 Å². The van der Waals surface area contributed by atoms with E-state index in [1.54, 1.807) is 12.3 Å². The Morgan fingerprint density at radius 2 is 2.06 bits per heavy atom. The fourth-order valence-corrected chi connectivity index (χ4v) is 6.02. The summed E-state index contributed by atoms with van der Waals surface area (Å²) in [6.07, 6.45) is 13.6. The molecule has 1 amide bonds. The average molecular weight is 490 g/mol. The summed E-state index contributed by atoms with van der Waals surface area (Å²) in [7, 11) is 5.91. The highest BCUT2D eigenvalue weighted by atomic mass is 33.1. The smallest absolute Gasteiger partial charge is 0.219 e. The van der Waals surface area contributed by atoms with E-state index in [0.29, 0.717) is 13.0 Å². The van der Waals surface area contributed by atoms with Gasteiger partial charge in [-0.05, 0) is 37.0 Å². The zero-order valence-electron chi connectivity index (χ0n) is 20.5. The van der Waals surface area contributed by atoms with Gasteiger partial charge in [0.15, 0.2) is 6.21 Å². The molecule has 0 spiro atoms. The lowest BCUT2D eigenvalue weighted by Crippen LogP contribution is -2.69. The Labute approximate surface area is 208 Å². The molecule has 2 rings (SSSR count). The van der Waals surface area contributed by atoms with E-state index in [0.717, 1.165) is 42.3 Å². The number of anilines is 1. The Morgan fingerprint density at radius 3 is 2.76 bits per heavy atom. The third-order valence-electron chi connectivity index (χ3n) is 4.87. The van der Waals surface area contributed by atoms with Gasteiger partial charge in [0.25, 0.3) is 0 Å². The van der Waals surface area contributed by atoms with Crippen LogP contribution in [0.1, 0.15) is 52.4 Å². The maximum atomic E-state index is 11.9. The molecule has 1 aromatic carbocycles. The molecule has 1 heterocycles. The number of hydrogen-bond acceptors (Lipinski definition) is 5. The second-order valence-electron chi connectivity index (χ2n) is 7.37. The van der Waals surface area contributed by atoms with Gasteiger partial charge in [-0.25, -0.2) is 4.99 Å². The van der Waals surface area contributed by atoms with E-state index >= 15 is 0 Å². The maximum Gasteiger partial charge on any atom is 0.219 e. The van der Waals surface area contributed by atoms with E-state index in [4.69, 9.17) is 0 Å². The van der Waals surface area contributed by atoms with E-state index in [2.05, 4.69) is 22.0 Å². The second-order valence-corrected chi connectivity index (χ2v) is 10.2. The standard InChI is InChI=1S/C24H34N4OS2.C2H6/c1-3-21(20-27-28(2)22-10-5-4-6-11-22)14-18-25-16-9-17-26-24(29)13-8-7-12-23-15-19-30-31-23;1-2/h3-6,10-11,14,18,20,23H,1,7-9,12-13,15-17,19H2,2H3,(H,26,29);1-2H3/p+1/b21-14+,25-18?,27-20+;. The molecule has 0 aliphatic carbocycles. The van der Waals surface area contributed by atoms with Crippen molar-refractivity contribution < 1.29 is 9.79 Å². The third kappa shape index (κ3) is 14.0. The van der Waals surface area contributed by atoms with Gasteiger partial charge < -0.3 is 5.32 Å². The van der Waals surface area contributed by atoms with Crippen molar-refractivity contribution in [2.45, 2.75) is 57.6 Å². The molecule has 182 valence electrons. The normalized spacial score (nSPS) is 16.0. The Morgan fingerprint density at radius 1 is 1.27 bits per heavy atom. The summed E-state index contributed by atoms with van der Waals surface area (Å²) < 4.78 is 0. The Hall–Kier alpha value is -1.99. The number of rotatable bonds is 14. The maximum absolute atomic E-state index is 11.9. The van der Waals surface area contributed by atoms with Crippen LogP contribution >= 0.6 is 21.6 Å². The largest absolute Gasteiger partial charge is 0.356 e. The van der Waals surface area contributed by atoms with E-state index in [9.17, 15) is 4.79 Å². The third-order valence-corrected chi connectivity index (χ3v) is 7.87. The molecular weight excluding hydrogens is 448 g/mol. The number of allylic oxidation sites excluding steroid dienone is 3. The first-order valence-electron chi connectivity index (χ1n) is 12.0. The molecule has 0 saturated carbocycles. The lowest BCUT2D eigenvalue weighted by Gasteiger charge is -2.11. The molecule has 0 bridgehead atoms. The first-order chi connectivity index (χ1) is 16.2. The van der Waals surface area contributed by atoms with Crippen LogP contribution in [0, 0.1) is 0 Å². The van der Waals surface area contributed by atoms with Crippen LogP contribution in [0.4, 0.5) is 5.69 Å². The van der Waals surface area contributed by atoms with E-state index in [1.807, 2.05) is 90.1 Å². The van der Waals surface area contributed by atoms with E-state index in [-0.39, 0.29) is 5.91 Å². The Bertz CT molecular complexity index is 744. The number of nitrogens with zero attached hydrogens (tertiary/aromatic N) is 2. The van der Waals surface area contributed by atoms with Crippen LogP contribution < -0.4 is 15.3 Å². The zero-order chi connectivity index (χ0) is 24.2. The van der Waals surface area contributed by atoms with Gasteiger partial charge in [0, 0.05) is 43.5 Å². The highest BCUT2D eigenvalue weighted by Crippen LogP contribution is 2.39. The van der Waals surface area contributed by atoms with Crippen LogP contribution in [0.5, 0.6) is 0 Å². The lowest BCUT2D eigenvalue weighted by molar-refractivity contribution is -0.451. The summed E-state index contributed by atoms with van der Waals surface area (Å²) in [5.41, 5.74) is 1.94. The van der Waals surface area contributed by atoms with Crippen LogP contribution in [0.2, 0.25) is 0 Å². The van der Waals surface area contributed by atoms with E-state index in [1.165, 1.54) is 18.6 Å². The minimum Gasteiger partial charge on any atom is -0.356 e. The van der Waals surface area contributed by atoms with Gasteiger partial charge in [-0.3, -0.25) is 9.80 Å². The predicted octanol–water partition coefficient (Wildman–Crippen LogP) is 4.62. The summed E-state index contributed by atoms with van der Waals surface area (Å²) in [6.45, 7) is 9.35. The van der Waals surface area contributed by atoms with Crippen molar-refractivity contribution >= 4 is 45.6 Å². The van der Waals surface area contributed by atoms with Crippen molar-refractivity contribution in [3.05, 3.63) is 54.6 Å². The molecular formula is C26H41N4OS2+. The number of hydrogen-bond donors (Lipinski definition) is 2. The number of nitrogens with one attached hydrogen (secondary N) is 2. The molecule has 0 radical (unpaired) electrons. The average Bonchev–Trinajstić information content (AvgIpc) is 3.38. The number of hydrazone groups is 1. The molecule has 1 aromatic rings. The van der Waals surface area contributed by atoms with Crippen molar-refractivity contribution in [3.63, 3.8) is 0 Å². The molecule has 2 N–H and O–H groups in total. The monoisotopic (exact) mass is 489 g/mol. The van der Waals surface area contributed by atoms with Crippen molar-refractivity contribution in [1.29, 1.82) is 0 Å². The van der Waals surface area contributed by atoms with E-state index < -0.39 is 0 Å². The number of carbonyl (C=O) groups excluding carboxylic acids is 1. The first-order valence-corrected chi connectivity index (χ1v) is 14.3. The fourth-order valence-electron chi connectivity index (χ4n) is 2.99. The number of unbranched alkanes of at least 4 members (excludes halogenated alkanes) is 1. The van der Waals surface area contributed by atoms with Gasteiger partial charge in [0.05, 0.1) is 11.9 Å². The minimum absolute atomic E-state index is 0.171. The molecule has 1 unspecified atom stereocenters. The summed E-state index contributed by atoms with van der Waals surface area (Å²) in [6, 6.07) is 9.98. The van der Waals surface area contributed by atoms with Gasteiger partial charge >= 0.3 is 0 Å². The summed E-state index contributed by atoms with van der Waals surface area (Å²) in [5, 5.41) is 10.1. The van der Waals surface area contributed by atoms with Crippen molar-refractivity contribution in [3.8, 4) is 0 Å². The number of benzene rings is 1. The quantitative estimate of drug-likeness (QED) is 0.132. The predicted molar refractivity (Wildman–Crippen MR) is 149 cm³/mol. The summed E-state index contributed by atoms with van der Waals surface area (Å²) in [5.74, 6) is 1.45. The fraction of sp³-hybridized carbons (Fsp3) is 0.500. The first kappa shape index (κ1) is 29.0. The van der Waals surface area contributed by atoms with Gasteiger partial charge in [0.2, 0.25) is 5.91 Å². The highest BCUT2D eigenvalue weighted by Gasteiger charge is 2.15. The van der Waals surface area contributed by atoms with Gasteiger partial charge in [-0.2, -0.15) is 5.10 Å². The molecule has 1 aliphatic heterocycles. The SMILES string of the molecule is C=CC(/C=N/N(C)c1ccccc1)=C\C=[NH+]CCCNC(=O)CCCCC1CCSS1.CC. The number of carbonyl (C=O) groups is 1. The van der Waals surface area contributed by atoms with Gasteiger partial charge in [-0.1, -0.05) is 72.7 Å². The van der Waals surface area contributed by atoms with Gasteiger partial charge in [-0.15, -0.1) is 0 Å². The molecule has 1 aliphatic rings. The molecule has 1 atom stereocenters. The van der Waals surface area contributed by atoms with Crippen LogP contribution in [0.15, 0.2) is 59.7 Å². The number of para-hydroxylation sites is 1. The molecule has 1 fully saturated rings. The topological polar surface area (TPSA) is 58.7 Å². The highest BCUT2D eigenvalue weighted by molar-refractivity contribution is 8.77. The molecule has 5 nitrogen and oxygen atoms in total. The molecule has 33 heavy (non-hydrogen) atoms. The summed E-state index contributed by atoms with van der Waals surface area (Å²) in [4.78, 5) is 15.1. The Kier molecular flexibility index (Phi) is 17.1. The molecule has 1 saturated heterocycles. The van der Waals surface area contributed by atoms with Gasteiger partial charge in [0.1, 0.15) is 6.54 Å². The number of amides is 1. The van der Waals surface area contributed by atoms with Crippen molar-refractivity contribution in [2.24, 2.45) is 5.10 Å². The lowest BCUT2D eigenvalue weighted by atomic mass is 10.1. The van der Waals surface area contributed by atoms with Crippen LogP contribution in [0.25, 0.3) is 0 Å². The van der Waals surface area contributed by atoms with Crippen molar-refractivity contribution in [2.75, 3.05) is 30.9 Å². The van der Waals surface area contributed by atoms with Crippen LogP contribution in [-0.2, 0) is 4.79 Å². The molecule has 7 heteroatoms. The molecule has 0 aromatic heterocycles. The zero-order valence-corrected chi connectivity index (χ0v) is 22.1. The summed E-state index contributed by atoms with van der Waals surface area (Å²) >= 11 is 0. The minimum atomic E-state index is 0.171. The van der Waals surface area contributed by atoms with Crippen LogP contribution in [-0.4, -0.2) is 49.5 Å². The second kappa shape index (κ2) is 19.5. The Balaban J connectivity index is 0.00000265. The van der Waals surface area contributed by atoms with Crippen molar-refractivity contribution in [1.82, 2.24) is 5.32 Å².